The van der Waals surface area contributed by atoms with Crippen LogP contribution in [0, 0.1) is 28.8 Å². The number of halogens is 3. The quantitative estimate of drug-likeness (QED) is 0.407. The Morgan fingerprint density at radius 2 is 1.64 bits per heavy atom. The van der Waals surface area contributed by atoms with Crippen LogP contribution in [-0.4, -0.2) is 36.3 Å². The Morgan fingerprint density at radius 1 is 0.970 bits per heavy atom. The minimum absolute atomic E-state index is 0.0690. The standard InChI is InChI=1S/C21H17F3N4O5/c1-11(33-21(32)12-2-4-13(5-3-12)27-16(29)8-9-25)20(31)26-10-17(30)28-15-7-6-14(22)18(23)19(15)24/h2-7,11H,8,10H2,1H3,(H,26,31)(H,27,29)(H,28,30)/t11-/m1/s1. The zero-order valence-corrected chi connectivity index (χ0v) is 17.1. The maximum absolute atomic E-state index is 13.6. The number of carbonyl (C=O) groups is 4. The lowest BCUT2D eigenvalue weighted by atomic mass is 10.2. The van der Waals surface area contributed by atoms with Gasteiger partial charge in [0.05, 0.1) is 23.9 Å². The molecule has 0 heterocycles. The molecule has 33 heavy (non-hydrogen) atoms. The molecule has 0 aromatic heterocycles. The van der Waals surface area contributed by atoms with Crippen molar-refractivity contribution < 1.29 is 37.1 Å². The highest BCUT2D eigenvalue weighted by Gasteiger charge is 2.20. The van der Waals surface area contributed by atoms with Crippen LogP contribution in [0.25, 0.3) is 0 Å². The van der Waals surface area contributed by atoms with Gasteiger partial charge in [0.15, 0.2) is 23.6 Å². The minimum Gasteiger partial charge on any atom is -0.449 e. The fourth-order valence-electron chi connectivity index (χ4n) is 2.38. The van der Waals surface area contributed by atoms with E-state index in [0.29, 0.717) is 11.8 Å². The van der Waals surface area contributed by atoms with Gasteiger partial charge in [-0.1, -0.05) is 0 Å². The molecule has 172 valence electrons. The van der Waals surface area contributed by atoms with Gasteiger partial charge in [-0.3, -0.25) is 14.4 Å². The Bertz CT molecular complexity index is 1120. The third kappa shape index (κ3) is 7.06. The number of nitrogens with one attached hydrogen (secondary N) is 3. The molecular weight excluding hydrogens is 445 g/mol. The summed E-state index contributed by atoms with van der Waals surface area (Å²) >= 11 is 0. The molecule has 0 saturated carbocycles. The van der Waals surface area contributed by atoms with Gasteiger partial charge in [-0.15, -0.1) is 0 Å². The first-order valence-electron chi connectivity index (χ1n) is 9.31. The van der Waals surface area contributed by atoms with Gasteiger partial charge in [-0.2, -0.15) is 5.26 Å². The number of hydrogen-bond acceptors (Lipinski definition) is 6. The number of nitriles is 1. The van der Waals surface area contributed by atoms with Crippen molar-refractivity contribution >= 4 is 35.1 Å². The molecular formula is C21H17F3N4O5. The summed E-state index contributed by atoms with van der Waals surface area (Å²) in [5.41, 5.74) is -0.194. The molecule has 0 bridgehead atoms. The largest absolute Gasteiger partial charge is 0.449 e. The second-order valence-electron chi connectivity index (χ2n) is 6.50. The predicted molar refractivity (Wildman–Crippen MR) is 108 cm³/mol. The van der Waals surface area contributed by atoms with E-state index in [1.165, 1.54) is 31.2 Å². The topological polar surface area (TPSA) is 137 Å². The Hall–Kier alpha value is -4.40. The van der Waals surface area contributed by atoms with Crippen LogP contribution in [0.4, 0.5) is 24.5 Å². The van der Waals surface area contributed by atoms with E-state index in [4.69, 9.17) is 10.00 Å². The van der Waals surface area contributed by atoms with Crippen LogP contribution in [0.1, 0.15) is 23.7 Å². The fraction of sp³-hybridized carbons (Fsp3) is 0.190. The second kappa shape index (κ2) is 11.3. The van der Waals surface area contributed by atoms with Crippen molar-refractivity contribution in [3.05, 3.63) is 59.4 Å². The molecule has 1 atom stereocenters. The summed E-state index contributed by atoms with van der Waals surface area (Å²) in [5.74, 6) is -7.92. The normalized spacial score (nSPS) is 11.0. The van der Waals surface area contributed by atoms with Crippen molar-refractivity contribution in [3.8, 4) is 6.07 Å². The van der Waals surface area contributed by atoms with Crippen LogP contribution >= 0.6 is 0 Å². The average molecular weight is 462 g/mol. The number of anilines is 2. The molecule has 0 unspecified atom stereocenters. The summed E-state index contributed by atoms with van der Waals surface area (Å²) < 4.78 is 44.7. The summed E-state index contributed by atoms with van der Waals surface area (Å²) in [4.78, 5) is 47.4. The number of ether oxygens (including phenoxy) is 1. The SMILES string of the molecule is C[C@@H](OC(=O)c1ccc(NC(=O)CC#N)cc1)C(=O)NCC(=O)Nc1ccc(F)c(F)c1F. The summed E-state index contributed by atoms with van der Waals surface area (Å²) in [5, 5.41) is 15.0. The lowest BCUT2D eigenvalue weighted by Crippen LogP contribution is -2.40. The molecule has 0 aliphatic carbocycles. The number of rotatable bonds is 8. The molecule has 2 aromatic carbocycles. The van der Waals surface area contributed by atoms with E-state index < -0.39 is 59.5 Å². The van der Waals surface area contributed by atoms with Crippen LogP contribution in [0.5, 0.6) is 0 Å². The molecule has 3 N–H and O–H groups in total. The van der Waals surface area contributed by atoms with E-state index in [0.717, 1.165) is 6.07 Å². The summed E-state index contributed by atoms with van der Waals surface area (Å²) in [6, 6.07) is 8.60. The van der Waals surface area contributed by atoms with E-state index in [1.807, 2.05) is 5.32 Å². The summed E-state index contributed by atoms with van der Waals surface area (Å²) in [6.07, 6.45) is -1.63. The maximum Gasteiger partial charge on any atom is 0.338 e. The van der Waals surface area contributed by atoms with E-state index in [-0.39, 0.29) is 12.0 Å². The second-order valence-corrected chi connectivity index (χ2v) is 6.50. The van der Waals surface area contributed by atoms with Gasteiger partial charge in [0, 0.05) is 5.69 Å². The summed E-state index contributed by atoms with van der Waals surface area (Å²) in [7, 11) is 0. The Balaban J connectivity index is 1.84. The first-order valence-corrected chi connectivity index (χ1v) is 9.31. The van der Waals surface area contributed by atoms with Crippen LogP contribution < -0.4 is 16.0 Å². The van der Waals surface area contributed by atoms with Gasteiger partial charge in [0.2, 0.25) is 11.8 Å². The zero-order valence-electron chi connectivity index (χ0n) is 17.1. The number of benzene rings is 2. The third-order valence-electron chi connectivity index (χ3n) is 4.03. The molecule has 3 amide bonds. The van der Waals surface area contributed by atoms with Gasteiger partial charge in [0.25, 0.3) is 5.91 Å². The van der Waals surface area contributed by atoms with Crippen molar-refractivity contribution in [2.45, 2.75) is 19.4 Å². The van der Waals surface area contributed by atoms with Crippen molar-refractivity contribution in [3.63, 3.8) is 0 Å². The number of hydrogen-bond donors (Lipinski definition) is 3. The molecule has 0 radical (unpaired) electrons. The fourth-order valence-corrected chi connectivity index (χ4v) is 2.38. The minimum atomic E-state index is -1.75. The monoisotopic (exact) mass is 462 g/mol. The number of carbonyl (C=O) groups excluding carboxylic acids is 4. The predicted octanol–water partition coefficient (Wildman–Crippen LogP) is 2.26. The average Bonchev–Trinajstić information content (AvgIpc) is 2.78. The Morgan fingerprint density at radius 3 is 2.27 bits per heavy atom. The molecule has 0 aliphatic rings. The van der Waals surface area contributed by atoms with E-state index in [9.17, 15) is 32.3 Å². The molecule has 0 fully saturated rings. The number of nitrogens with zero attached hydrogens (tertiary/aromatic N) is 1. The first kappa shape index (κ1) is 24.9. The number of amides is 3. The van der Waals surface area contributed by atoms with Gasteiger partial charge < -0.3 is 20.7 Å². The molecule has 12 heteroatoms. The van der Waals surface area contributed by atoms with Gasteiger partial charge in [0.1, 0.15) is 6.42 Å². The van der Waals surface area contributed by atoms with Gasteiger partial charge >= 0.3 is 5.97 Å². The van der Waals surface area contributed by atoms with Crippen LogP contribution in [0.3, 0.4) is 0 Å². The Kier molecular flexibility index (Phi) is 8.50. The van der Waals surface area contributed by atoms with E-state index in [1.54, 1.807) is 6.07 Å². The molecule has 0 spiro atoms. The number of esters is 1. The third-order valence-corrected chi connectivity index (χ3v) is 4.03. The molecule has 0 saturated heterocycles. The summed E-state index contributed by atoms with van der Waals surface area (Å²) in [6.45, 7) is 0.590. The zero-order chi connectivity index (χ0) is 24.5. The maximum atomic E-state index is 13.6. The van der Waals surface area contributed by atoms with Crippen molar-refractivity contribution in [1.29, 1.82) is 5.26 Å². The smallest absolute Gasteiger partial charge is 0.338 e. The van der Waals surface area contributed by atoms with Gasteiger partial charge in [-0.05, 0) is 43.3 Å². The highest BCUT2D eigenvalue weighted by atomic mass is 19.2. The van der Waals surface area contributed by atoms with Crippen molar-refractivity contribution in [2.75, 3.05) is 17.2 Å². The highest BCUT2D eigenvalue weighted by Crippen LogP contribution is 2.19. The molecule has 2 aromatic rings. The van der Waals surface area contributed by atoms with Crippen molar-refractivity contribution in [1.82, 2.24) is 5.32 Å². The van der Waals surface area contributed by atoms with E-state index >= 15 is 0 Å². The van der Waals surface area contributed by atoms with Crippen LogP contribution in [0.15, 0.2) is 36.4 Å². The lowest BCUT2D eigenvalue weighted by molar-refractivity contribution is -0.130. The molecule has 9 nitrogen and oxygen atoms in total. The highest BCUT2D eigenvalue weighted by molar-refractivity contribution is 5.97. The molecule has 2 rings (SSSR count). The van der Waals surface area contributed by atoms with Crippen molar-refractivity contribution in [2.24, 2.45) is 0 Å². The van der Waals surface area contributed by atoms with Gasteiger partial charge in [-0.25, -0.2) is 18.0 Å². The Labute approximate surface area is 185 Å². The molecule has 0 aliphatic heterocycles. The van der Waals surface area contributed by atoms with E-state index in [2.05, 4.69) is 10.6 Å². The first-order chi connectivity index (χ1) is 15.6. The lowest BCUT2D eigenvalue weighted by Gasteiger charge is -2.14. The van der Waals surface area contributed by atoms with Crippen LogP contribution in [0.2, 0.25) is 0 Å². The van der Waals surface area contributed by atoms with Crippen LogP contribution in [-0.2, 0) is 19.1 Å².